The monoisotopic (exact) mass is 1200 g/mol. The van der Waals surface area contributed by atoms with Crippen molar-refractivity contribution in [2.75, 3.05) is 53.0 Å². The Balaban J connectivity index is 0.000000148. The number of anilines is 8. The van der Waals surface area contributed by atoms with E-state index in [1.54, 1.807) is 56.1 Å². The molecule has 0 bridgehead atoms. The van der Waals surface area contributed by atoms with Crippen LogP contribution < -0.4 is 51.8 Å². The van der Waals surface area contributed by atoms with Crippen LogP contribution in [0.3, 0.4) is 0 Å². The fraction of sp³-hybridized carbons (Fsp3) is 0.115. The maximum atomic E-state index is 10.7. The SMILES string of the molecule is COOSc1cc2ccnc(N)c2cc1C.Cc1cc2c(N)nccc2cc1N.Cc1cc2c(N)nccc2cc1N.Cc1cc2c(N)nccc2cc1O.Cc1cc2c(N)nccc2cc1SOON.Cc1cc2c(N)nccc2cc1[N+](=O)[O-]. The van der Waals surface area contributed by atoms with Crippen molar-refractivity contribution in [3.8, 4) is 5.75 Å². The van der Waals surface area contributed by atoms with Crippen molar-refractivity contribution in [1.29, 1.82) is 0 Å². The molecule has 0 radical (unpaired) electrons. The third kappa shape index (κ3) is 15.7. The molecule has 442 valence electrons. The first kappa shape index (κ1) is 63.5. The van der Waals surface area contributed by atoms with Crippen LogP contribution in [-0.4, -0.2) is 47.0 Å². The lowest BCUT2D eigenvalue weighted by Gasteiger charge is -2.07. The third-order valence-corrected chi connectivity index (χ3v) is 14.9. The minimum absolute atomic E-state index is 0.105. The number of fused-ring (bicyclic) bond motifs is 6. The van der Waals surface area contributed by atoms with Gasteiger partial charge in [-0.25, -0.2) is 34.8 Å². The molecule has 0 spiro atoms. The Morgan fingerprint density at radius 1 is 0.407 bits per heavy atom. The summed E-state index contributed by atoms with van der Waals surface area (Å²) < 4.78 is 9.48. The lowest BCUT2D eigenvalue weighted by molar-refractivity contribution is -0.385. The van der Waals surface area contributed by atoms with Crippen molar-refractivity contribution in [1.82, 2.24) is 29.9 Å². The number of benzene rings is 6. The topological polar surface area (TPSA) is 412 Å². The summed E-state index contributed by atoms with van der Waals surface area (Å²) in [6, 6.07) is 33.6. The van der Waals surface area contributed by atoms with Gasteiger partial charge in [0.1, 0.15) is 40.7 Å². The largest absolute Gasteiger partial charge is 0.508 e. The van der Waals surface area contributed by atoms with Gasteiger partial charge in [-0.3, -0.25) is 10.1 Å². The van der Waals surface area contributed by atoms with Crippen LogP contribution in [0.25, 0.3) is 64.6 Å². The summed E-state index contributed by atoms with van der Waals surface area (Å²) in [5.41, 5.74) is 53.2. The van der Waals surface area contributed by atoms with Gasteiger partial charge in [-0.15, -0.1) is 9.32 Å². The number of nitro benzene ring substituents is 1. The van der Waals surface area contributed by atoms with Crippen molar-refractivity contribution in [2.45, 2.75) is 51.3 Å². The Kier molecular flexibility index (Phi) is 21.3. The van der Waals surface area contributed by atoms with E-state index in [1.807, 2.05) is 120 Å². The molecule has 0 saturated carbocycles. The molecule has 0 aliphatic carbocycles. The zero-order valence-corrected chi connectivity index (χ0v) is 49.5. The van der Waals surface area contributed by atoms with Crippen molar-refractivity contribution >= 4 is 141 Å². The number of aromatic nitrogens is 6. The second-order valence-corrected chi connectivity index (χ2v) is 20.7. The molecule has 0 atom stereocenters. The molecule has 12 rings (SSSR count). The van der Waals surface area contributed by atoms with Crippen LogP contribution in [0, 0.1) is 51.7 Å². The highest BCUT2D eigenvalue weighted by Gasteiger charge is 2.13. The Morgan fingerprint density at radius 3 is 1.03 bits per heavy atom. The number of aryl methyl sites for hydroxylation is 6. The Labute approximate surface area is 502 Å². The number of rotatable bonds is 7. The van der Waals surface area contributed by atoms with Gasteiger partial charge in [0.15, 0.2) is 0 Å². The zero-order chi connectivity index (χ0) is 62.4. The Bertz CT molecular complexity index is 4120. The molecule has 86 heavy (non-hydrogen) atoms. The normalized spacial score (nSPS) is 10.7. The summed E-state index contributed by atoms with van der Waals surface area (Å²) in [6.07, 6.45) is 9.91. The minimum Gasteiger partial charge on any atom is -0.508 e. The van der Waals surface area contributed by atoms with Crippen molar-refractivity contribution in [3.05, 3.63) is 190 Å². The molecule has 6 aromatic heterocycles. The molecule has 25 heteroatoms. The van der Waals surface area contributed by atoms with Gasteiger partial charge < -0.3 is 51.0 Å². The number of nitro groups is 1. The van der Waals surface area contributed by atoms with E-state index in [4.69, 9.17) is 56.1 Å². The summed E-state index contributed by atoms with van der Waals surface area (Å²) in [7, 11) is 1.48. The van der Waals surface area contributed by atoms with Gasteiger partial charge >= 0.3 is 0 Å². The van der Waals surface area contributed by atoms with Crippen LogP contribution in [0.2, 0.25) is 0 Å². The molecule has 0 fully saturated rings. The maximum Gasteiger partial charge on any atom is 0.272 e. The lowest BCUT2D eigenvalue weighted by atomic mass is 10.1. The van der Waals surface area contributed by atoms with E-state index in [9.17, 15) is 15.2 Å². The second-order valence-electron chi connectivity index (χ2n) is 19.3. The third-order valence-electron chi connectivity index (χ3n) is 13.3. The fourth-order valence-corrected chi connectivity index (χ4v) is 9.57. The lowest BCUT2D eigenvalue weighted by Crippen LogP contribution is -1.95. The van der Waals surface area contributed by atoms with Crippen LogP contribution in [0.5, 0.6) is 5.75 Å². The zero-order valence-electron chi connectivity index (χ0n) is 47.9. The van der Waals surface area contributed by atoms with Crippen LogP contribution in [-0.2, 0) is 18.5 Å². The first-order valence-electron chi connectivity index (χ1n) is 25.9. The number of aromatic hydroxyl groups is 1. The van der Waals surface area contributed by atoms with Gasteiger partial charge in [0.25, 0.3) is 5.69 Å². The molecule has 19 N–H and O–H groups in total. The number of phenolic OH excluding ortho intramolecular Hbond substituents is 1. The highest BCUT2D eigenvalue weighted by molar-refractivity contribution is 7.94. The van der Waals surface area contributed by atoms with Gasteiger partial charge in [-0.1, -0.05) is 0 Å². The predicted octanol–water partition coefficient (Wildman–Crippen LogP) is 11.9. The van der Waals surface area contributed by atoms with Gasteiger partial charge in [0.05, 0.1) is 36.1 Å². The molecule has 6 aromatic carbocycles. The van der Waals surface area contributed by atoms with Crippen molar-refractivity contribution in [2.24, 2.45) is 5.90 Å². The minimum atomic E-state index is -0.397. The van der Waals surface area contributed by atoms with Gasteiger partial charge in [-0.05, 0) is 205 Å². The highest BCUT2D eigenvalue weighted by Crippen LogP contribution is 2.33. The molecule has 0 aliphatic heterocycles. The van der Waals surface area contributed by atoms with Crippen LogP contribution in [0.15, 0.2) is 156 Å². The highest BCUT2D eigenvalue weighted by atomic mass is 32.2. The van der Waals surface area contributed by atoms with E-state index >= 15 is 0 Å². The predicted molar refractivity (Wildman–Crippen MR) is 349 cm³/mol. The summed E-state index contributed by atoms with van der Waals surface area (Å²) in [5.74, 6) is 8.15. The maximum absolute atomic E-state index is 10.7. The Morgan fingerprint density at radius 2 is 0.698 bits per heavy atom. The Hall–Kier alpha value is -10.1. The fourth-order valence-electron chi connectivity index (χ4n) is 8.58. The first-order chi connectivity index (χ1) is 41.1. The number of nitrogens with zero attached hydrogens (tertiary/aromatic N) is 7. The van der Waals surface area contributed by atoms with Crippen LogP contribution in [0.1, 0.15) is 33.4 Å². The molecule has 0 aliphatic rings. The number of nitrogens with two attached hydrogens (primary N) is 9. The number of nitrogen functional groups attached to an aromatic ring is 8. The molecule has 12 aromatic rings. The van der Waals surface area contributed by atoms with Gasteiger partial charge in [-0.2, -0.15) is 10.2 Å². The number of hydrogen-bond donors (Lipinski definition) is 10. The first-order valence-corrected chi connectivity index (χ1v) is 27.4. The van der Waals surface area contributed by atoms with Crippen molar-refractivity contribution in [3.63, 3.8) is 0 Å². The quantitative estimate of drug-likeness (QED) is 0.0233. The van der Waals surface area contributed by atoms with Crippen LogP contribution in [0.4, 0.5) is 52.0 Å². The molecule has 6 heterocycles. The van der Waals surface area contributed by atoms with Crippen LogP contribution >= 0.6 is 24.1 Å². The van der Waals surface area contributed by atoms with Gasteiger partial charge in [0, 0.05) is 102 Å². The molecular weight excluding hydrogens is 1130 g/mol. The molecule has 0 unspecified atom stereocenters. The smallest absolute Gasteiger partial charge is 0.272 e. The van der Waals surface area contributed by atoms with E-state index in [2.05, 4.69) is 44.1 Å². The van der Waals surface area contributed by atoms with E-state index in [1.165, 1.54) is 31.4 Å². The summed E-state index contributed by atoms with van der Waals surface area (Å²) >= 11 is 2.24. The molecule has 23 nitrogen and oxygen atoms in total. The number of phenols is 1. The summed E-state index contributed by atoms with van der Waals surface area (Å²) in [6.45, 7) is 11.4. The van der Waals surface area contributed by atoms with E-state index in [0.29, 0.717) is 40.5 Å². The number of pyridine rings is 6. The van der Waals surface area contributed by atoms with Gasteiger partial charge in [0.2, 0.25) is 0 Å². The standard InChI is InChI=1S/C11H12N2O2S.C10H11N3O2S.C10H9N3O2.2C10H11N3.C10H10N2O/c1-7-5-9-8(3-4-13-11(9)12)6-10(7)16-15-14-2;1-6-4-8-7(2-3-13-10(8)11)5-9(6)16-15-14-12;1-6-4-8-7(2-3-12-10(8)11)5-9(6)13(14)15;2*1-6-4-8-7(5-9(6)11)2-3-13-10(8)12;1-6-4-8-7(5-9(6)13)2-3-12-10(8)11/h3-6H,1-2H3,(H2,12,13);2-5H,12H2,1H3,(H2,11,13);2-5H,1H3,(H2,11,12);2*2-5H,11H2,1H3,(H2,12,13);2-5,13H,1H3,(H2,11,12). The molecule has 0 amide bonds. The average molecular weight is 1200 g/mol. The van der Waals surface area contributed by atoms with E-state index in [0.717, 1.165) is 126 Å². The van der Waals surface area contributed by atoms with Crippen molar-refractivity contribution < 1.29 is 28.6 Å². The molecule has 0 saturated heterocycles. The summed E-state index contributed by atoms with van der Waals surface area (Å²) in [4.78, 5) is 44.9. The average Bonchev–Trinajstić information content (AvgIpc) is 3.29. The number of hydrogen-bond acceptors (Lipinski definition) is 24. The summed E-state index contributed by atoms with van der Waals surface area (Å²) in [5, 5.41) is 31.4. The van der Waals surface area contributed by atoms with E-state index < -0.39 is 4.92 Å². The van der Waals surface area contributed by atoms with E-state index in [-0.39, 0.29) is 11.4 Å². The second kappa shape index (κ2) is 28.9. The molecular formula is C61H64N16O7S2.